The second kappa shape index (κ2) is 2.58. The third-order valence-corrected chi connectivity index (χ3v) is 2.36. The molecule has 0 aromatic rings. The van der Waals surface area contributed by atoms with Gasteiger partial charge in [0, 0.05) is 0 Å². The summed E-state index contributed by atoms with van der Waals surface area (Å²) in [6, 6.07) is 0. The van der Waals surface area contributed by atoms with Crippen LogP contribution in [0.5, 0.6) is 0 Å². The van der Waals surface area contributed by atoms with Gasteiger partial charge in [0.15, 0.2) is 0 Å². The molecule has 1 fully saturated rings. The molecule has 1 saturated carbocycles. The van der Waals surface area contributed by atoms with Crippen LogP contribution in [0.25, 0.3) is 0 Å². The lowest BCUT2D eigenvalue weighted by molar-refractivity contribution is -0.139. The normalized spacial score (nSPS) is 37.6. The van der Waals surface area contributed by atoms with E-state index in [1.165, 1.54) is 0 Å². The van der Waals surface area contributed by atoms with Gasteiger partial charge < -0.3 is 10.8 Å². The van der Waals surface area contributed by atoms with Crippen LogP contribution in [-0.2, 0) is 4.79 Å². The van der Waals surface area contributed by atoms with E-state index in [4.69, 9.17) is 10.8 Å². The second-order valence-electron chi connectivity index (χ2n) is 2.84. The molecule has 10 heavy (non-hydrogen) atoms. The number of nitrogens with two attached hydrogens (primary N) is 1. The molecule has 58 valence electrons. The Kier molecular flexibility index (Phi) is 1.94. The lowest BCUT2D eigenvalue weighted by Gasteiger charge is -1.85. The zero-order valence-electron chi connectivity index (χ0n) is 6.08. The van der Waals surface area contributed by atoms with Gasteiger partial charge in [-0.05, 0) is 18.4 Å². The Morgan fingerprint density at radius 2 is 2.20 bits per heavy atom. The van der Waals surface area contributed by atoms with Gasteiger partial charge >= 0.3 is 5.97 Å². The minimum absolute atomic E-state index is 0.144. The van der Waals surface area contributed by atoms with Gasteiger partial charge in [-0.3, -0.25) is 4.79 Å². The van der Waals surface area contributed by atoms with E-state index in [1.807, 2.05) is 6.92 Å². The van der Waals surface area contributed by atoms with Crippen LogP contribution < -0.4 is 5.73 Å². The summed E-state index contributed by atoms with van der Waals surface area (Å²) in [7, 11) is 0. The molecule has 3 atom stereocenters. The number of hydrogen-bond acceptors (Lipinski definition) is 2. The van der Waals surface area contributed by atoms with Crippen LogP contribution in [0.15, 0.2) is 0 Å². The summed E-state index contributed by atoms with van der Waals surface area (Å²) >= 11 is 0. The number of carbonyl (C=O) groups is 1. The molecule has 0 aliphatic heterocycles. The molecular weight excluding hydrogens is 130 g/mol. The molecule has 1 aliphatic carbocycles. The summed E-state index contributed by atoms with van der Waals surface area (Å²) in [5, 5.41) is 8.60. The summed E-state index contributed by atoms with van der Waals surface area (Å²) in [6.07, 6.45) is 0.943. The lowest BCUT2D eigenvalue weighted by atomic mass is 10.2. The average Bonchev–Trinajstić information content (AvgIpc) is 2.60. The largest absolute Gasteiger partial charge is 0.481 e. The highest BCUT2D eigenvalue weighted by molar-refractivity contribution is 5.74. The minimum Gasteiger partial charge on any atom is -0.481 e. The van der Waals surface area contributed by atoms with E-state index in [2.05, 4.69) is 0 Å². The SMILES string of the molecule is CCC1C(CN)C1C(=O)O. The first-order valence-corrected chi connectivity index (χ1v) is 3.65. The Balaban J connectivity index is 2.44. The number of carboxylic acid groups (broad SMARTS) is 1. The van der Waals surface area contributed by atoms with Crippen LogP contribution in [-0.4, -0.2) is 17.6 Å². The van der Waals surface area contributed by atoms with Crippen LogP contribution in [0.1, 0.15) is 13.3 Å². The molecule has 3 nitrogen and oxygen atoms in total. The molecule has 1 rings (SSSR count). The standard InChI is InChI=1S/C7H13NO2/c1-2-4-5(3-8)6(4)7(9)10/h4-6H,2-3,8H2,1H3,(H,9,10). The van der Waals surface area contributed by atoms with Crippen molar-refractivity contribution in [1.82, 2.24) is 0 Å². The summed E-state index contributed by atoms with van der Waals surface area (Å²) in [4.78, 5) is 10.4. The molecule has 0 amide bonds. The van der Waals surface area contributed by atoms with E-state index in [1.54, 1.807) is 0 Å². The van der Waals surface area contributed by atoms with Crippen LogP contribution in [0.3, 0.4) is 0 Å². The highest BCUT2D eigenvalue weighted by Gasteiger charge is 2.52. The minimum atomic E-state index is -0.678. The Hall–Kier alpha value is -0.570. The van der Waals surface area contributed by atoms with E-state index in [9.17, 15) is 4.79 Å². The quantitative estimate of drug-likeness (QED) is 0.597. The van der Waals surface area contributed by atoms with Crippen molar-refractivity contribution in [2.24, 2.45) is 23.5 Å². The summed E-state index contributed by atoms with van der Waals surface area (Å²) < 4.78 is 0. The molecule has 0 heterocycles. The zero-order valence-corrected chi connectivity index (χ0v) is 6.08. The predicted molar refractivity (Wildman–Crippen MR) is 37.5 cm³/mol. The van der Waals surface area contributed by atoms with E-state index >= 15 is 0 Å². The highest BCUT2D eigenvalue weighted by Crippen LogP contribution is 2.47. The Labute approximate surface area is 60.2 Å². The Bertz CT molecular complexity index is 137. The summed E-state index contributed by atoms with van der Waals surface area (Å²) in [6.45, 7) is 2.53. The molecule has 0 radical (unpaired) electrons. The molecule has 0 saturated heterocycles. The molecule has 0 aromatic carbocycles. The zero-order chi connectivity index (χ0) is 7.72. The highest BCUT2D eigenvalue weighted by atomic mass is 16.4. The first-order chi connectivity index (χ1) is 4.72. The number of rotatable bonds is 3. The fourth-order valence-corrected chi connectivity index (χ4v) is 1.69. The van der Waals surface area contributed by atoms with Crippen molar-refractivity contribution in [2.75, 3.05) is 6.54 Å². The maximum absolute atomic E-state index is 10.4. The van der Waals surface area contributed by atoms with E-state index < -0.39 is 5.97 Å². The van der Waals surface area contributed by atoms with Gasteiger partial charge in [-0.25, -0.2) is 0 Å². The summed E-state index contributed by atoms with van der Waals surface area (Å²) in [5.74, 6) is -0.220. The number of aliphatic carboxylic acids is 1. The number of carboxylic acids is 1. The molecule has 3 unspecified atom stereocenters. The third-order valence-electron chi connectivity index (χ3n) is 2.36. The van der Waals surface area contributed by atoms with E-state index in [0.717, 1.165) is 6.42 Å². The van der Waals surface area contributed by atoms with Crippen molar-refractivity contribution in [1.29, 1.82) is 0 Å². The average molecular weight is 143 g/mol. The van der Waals surface area contributed by atoms with Crippen molar-refractivity contribution < 1.29 is 9.90 Å². The monoisotopic (exact) mass is 143 g/mol. The van der Waals surface area contributed by atoms with Crippen molar-refractivity contribution in [2.45, 2.75) is 13.3 Å². The third kappa shape index (κ3) is 1.01. The van der Waals surface area contributed by atoms with Gasteiger partial charge in [0.1, 0.15) is 0 Å². The van der Waals surface area contributed by atoms with Crippen LogP contribution in [0.2, 0.25) is 0 Å². The van der Waals surface area contributed by atoms with Crippen molar-refractivity contribution in [3.63, 3.8) is 0 Å². The molecule has 0 spiro atoms. The van der Waals surface area contributed by atoms with Crippen LogP contribution >= 0.6 is 0 Å². The predicted octanol–water partition coefficient (Wildman–Crippen LogP) is 0.302. The molecule has 0 aromatic heterocycles. The lowest BCUT2D eigenvalue weighted by Crippen LogP contribution is -2.07. The van der Waals surface area contributed by atoms with Gasteiger partial charge in [-0.2, -0.15) is 0 Å². The maximum Gasteiger partial charge on any atom is 0.307 e. The van der Waals surface area contributed by atoms with Gasteiger partial charge in [-0.15, -0.1) is 0 Å². The Morgan fingerprint density at radius 1 is 1.60 bits per heavy atom. The van der Waals surface area contributed by atoms with Crippen molar-refractivity contribution in [3.05, 3.63) is 0 Å². The van der Waals surface area contributed by atoms with E-state index in [-0.39, 0.29) is 11.8 Å². The second-order valence-corrected chi connectivity index (χ2v) is 2.84. The Morgan fingerprint density at radius 3 is 2.30 bits per heavy atom. The smallest absolute Gasteiger partial charge is 0.307 e. The van der Waals surface area contributed by atoms with Crippen molar-refractivity contribution in [3.8, 4) is 0 Å². The number of hydrogen-bond donors (Lipinski definition) is 2. The van der Waals surface area contributed by atoms with Crippen molar-refractivity contribution >= 4 is 5.97 Å². The topological polar surface area (TPSA) is 63.3 Å². The van der Waals surface area contributed by atoms with Crippen LogP contribution in [0, 0.1) is 17.8 Å². The molecular formula is C7H13NO2. The first-order valence-electron chi connectivity index (χ1n) is 3.65. The van der Waals surface area contributed by atoms with Gasteiger partial charge in [-0.1, -0.05) is 13.3 Å². The van der Waals surface area contributed by atoms with Crippen LogP contribution in [0.4, 0.5) is 0 Å². The maximum atomic E-state index is 10.4. The molecule has 3 N–H and O–H groups in total. The van der Waals surface area contributed by atoms with Gasteiger partial charge in [0.25, 0.3) is 0 Å². The first kappa shape index (κ1) is 7.54. The van der Waals surface area contributed by atoms with E-state index in [0.29, 0.717) is 12.5 Å². The fourth-order valence-electron chi connectivity index (χ4n) is 1.69. The molecule has 1 aliphatic rings. The fraction of sp³-hybridized carbons (Fsp3) is 0.857. The van der Waals surface area contributed by atoms with Gasteiger partial charge in [0.05, 0.1) is 5.92 Å². The summed E-state index contributed by atoms with van der Waals surface area (Å²) in [5.41, 5.74) is 5.36. The molecule has 3 heteroatoms. The van der Waals surface area contributed by atoms with Gasteiger partial charge in [0.2, 0.25) is 0 Å². The molecule has 0 bridgehead atoms.